The van der Waals surface area contributed by atoms with Gasteiger partial charge in [-0.05, 0) is 25.1 Å². The smallest absolute Gasteiger partial charge is 0.309 e. The number of thiazole rings is 1. The molecule has 0 saturated heterocycles. The van der Waals surface area contributed by atoms with Crippen LogP contribution in [-0.2, 0) is 11.2 Å². The summed E-state index contributed by atoms with van der Waals surface area (Å²) in [6.07, 6.45) is -0.0823. The van der Waals surface area contributed by atoms with Gasteiger partial charge in [-0.15, -0.1) is 11.3 Å². The Morgan fingerprint density at radius 2 is 2.32 bits per heavy atom. The molecule has 0 saturated carbocycles. The largest absolute Gasteiger partial charge is 0.493 e. The topological polar surface area (TPSA) is 59.4 Å². The molecule has 1 aromatic heterocycles. The minimum Gasteiger partial charge on any atom is -0.493 e. The van der Waals surface area contributed by atoms with E-state index < -0.39 is 5.97 Å². The molecule has 4 nitrogen and oxygen atoms in total. The van der Waals surface area contributed by atoms with Gasteiger partial charge in [0.05, 0.1) is 24.3 Å². The van der Waals surface area contributed by atoms with Gasteiger partial charge in [-0.3, -0.25) is 4.79 Å². The number of aliphatic carboxylic acids is 1. The van der Waals surface area contributed by atoms with E-state index in [1.807, 2.05) is 6.92 Å². The number of carboxylic acids is 1. The minimum atomic E-state index is -0.895. The van der Waals surface area contributed by atoms with Crippen LogP contribution in [0.5, 0.6) is 5.75 Å². The second-order valence-corrected chi connectivity index (χ2v) is 5.08. The molecular weight excluding hydrogens is 286 g/mol. The van der Waals surface area contributed by atoms with E-state index in [-0.39, 0.29) is 6.42 Å². The van der Waals surface area contributed by atoms with Crippen molar-refractivity contribution in [2.45, 2.75) is 13.3 Å². The lowest BCUT2D eigenvalue weighted by molar-refractivity contribution is -0.136. The predicted molar refractivity (Wildman–Crippen MR) is 75.1 cm³/mol. The van der Waals surface area contributed by atoms with Crippen molar-refractivity contribution >= 4 is 28.9 Å². The fourth-order valence-electron chi connectivity index (χ4n) is 1.62. The van der Waals surface area contributed by atoms with E-state index in [2.05, 4.69) is 4.98 Å². The highest BCUT2D eigenvalue weighted by Crippen LogP contribution is 2.34. The van der Waals surface area contributed by atoms with Gasteiger partial charge < -0.3 is 9.84 Å². The molecule has 0 aliphatic carbocycles. The van der Waals surface area contributed by atoms with E-state index in [1.54, 1.807) is 23.6 Å². The fourth-order valence-corrected chi connectivity index (χ4v) is 2.63. The molecule has 0 unspecified atom stereocenters. The van der Waals surface area contributed by atoms with Crippen LogP contribution in [0.15, 0.2) is 23.6 Å². The van der Waals surface area contributed by atoms with Crippen molar-refractivity contribution in [3.63, 3.8) is 0 Å². The van der Waals surface area contributed by atoms with Crippen LogP contribution in [0.2, 0.25) is 5.02 Å². The van der Waals surface area contributed by atoms with Crippen LogP contribution in [0, 0.1) is 0 Å². The van der Waals surface area contributed by atoms with Crippen molar-refractivity contribution in [1.29, 1.82) is 0 Å². The molecule has 1 heterocycles. The summed E-state index contributed by atoms with van der Waals surface area (Å²) in [5.74, 6) is -0.198. The molecule has 0 aliphatic rings. The summed E-state index contributed by atoms with van der Waals surface area (Å²) in [4.78, 5) is 15.0. The van der Waals surface area contributed by atoms with Crippen LogP contribution in [0.4, 0.5) is 0 Å². The Morgan fingerprint density at radius 3 is 3.00 bits per heavy atom. The molecule has 2 aromatic rings. The van der Waals surface area contributed by atoms with Crippen molar-refractivity contribution in [3.8, 4) is 16.3 Å². The predicted octanol–water partition coefficient (Wildman–Crippen LogP) is 3.49. The molecule has 0 spiro atoms. The summed E-state index contributed by atoms with van der Waals surface area (Å²) in [6, 6.07) is 5.32. The Balaban J connectivity index is 2.37. The van der Waals surface area contributed by atoms with Gasteiger partial charge in [-0.1, -0.05) is 11.6 Å². The molecule has 2 rings (SSSR count). The van der Waals surface area contributed by atoms with E-state index in [1.165, 1.54) is 11.3 Å². The van der Waals surface area contributed by atoms with E-state index in [9.17, 15) is 4.79 Å². The number of hydrogen-bond acceptors (Lipinski definition) is 4. The first-order valence-corrected chi connectivity index (χ1v) is 6.95. The Bertz CT molecular complexity index is 597. The maximum absolute atomic E-state index is 10.7. The zero-order valence-electron chi connectivity index (χ0n) is 10.2. The number of halogens is 1. The van der Waals surface area contributed by atoms with Gasteiger partial charge >= 0.3 is 5.97 Å². The zero-order chi connectivity index (χ0) is 13.8. The third-order valence-corrected chi connectivity index (χ3v) is 3.52. The Labute approximate surface area is 119 Å². The molecule has 100 valence electrons. The van der Waals surface area contributed by atoms with Gasteiger partial charge in [0.2, 0.25) is 0 Å². The fraction of sp³-hybridized carbons (Fsp3) is 0.231. The van der Waals surface area contributed by atoms with Crippen LogP contribution in [0.25, 0.3) is 10.6 Å². The second-order valence-electron chi connectivity index (χ2n) is 3.79. The van der Waals surface area contributed by atoms with Crippen LogP contribution in [0.3, 0.4) is 0 Å². The first kappa shape index (κ1) is 13.8. The summed E-state index contributed by atoms with van der Waals surface area (Å²) in [6.45, 7) is 2.44. The van der Waals surface area contributed by atoms with Crippen LogP contribution in [-0.4, -0.2) is 22.7 Å². The molecule has 0 fully saturated rings. The van der Waals surface area contributed by atoms with Crippen LogP contribution < -0.4 is 4.74 Å². The van der Waals surface area contributed by atoms with Gasteiger partial charge in [-0.25, -0.2) is 4.98 Å². The van der Waals surface area contributed by atoms with Crippen molar-refractivity contribution < 1.29 is 14.6 Å². The van der Waals surface area contributed by atoms with Gasteiger partial charge in [0.25, 0.3) is 0 Å². The summed E-state index contributed by atoms with van der Waals surface area (Å²) in [5.41, 5.74) is 1.32. The van der Waals surface area contributed by atoms with Gasteiger partial charge in [-0.2, -0.15) is 0 Å². The van der Waals surface area contributed by atoms with Gasteiger partial charge in [0, 0.05) is 10.4 Å². The number of aromatic nitrogens is 1. The third-order valence-electron chi connectivity index (χ3n) is 2.36. The minimum absolute atomic E-state index is 0.0823. The molecule has 0 atom stereocenters. The first-order valence-electron chi connectivity index (χ1n) is 5.69. The molecular formula is C13H12ClNO3S. The molecule has 0 radical (unpaired) electrons. The SMILES string of the molecule is CCOc1ccc(Cl)cc1-c1nc(CC(=O)O)cs1. The second kappa shape index (κ2) is 6.04. The van der Waals surface area contributed by atoms with E-state index in [0.717, 1.165) is 5.56 Å². The maximum Gasteiger partial charge on any atom is 0.309 e. The van der Waals surface area contributed by atoms with Crippen molar-refractivity contribution in [2.24, 2.45) is 0 Å². The van der Waals surface area contributed by atoms with E-state index >= 15 is 0 Å². The highest BCUT2D eigenvalue weighted by Gasteiger charge is 2.12. The van der Waals surface area contributed by atoms with E-state index in [4.69, 9.17) is 21.4 Å². The molecule has 1 aromatic carbocycles. The highest BCUT2D eigenvalue weighted by atomic mass is 35.5. The summed E-state index contributed by atoms with van der Waals surface area (Å²) >= 11 is 7.37. The average Bonchev–Trinajstić information content (AvgIpc) is 2.79. The number of carboxylic acid groups (broad SMARTS) is 1. The normalized spacial score (nSPS) is 10.4. The first-order chi connectivity index (χ1) is 9.10. The lowest BCUT2D eigenvalue weighted by Crippen LogP contribution is -2.00. The standard InChI is InChI=1S/C13H12ClNO3S/c1-2-18-11-4-3-8(14)5-10(11)13-15-9(7-19-13)6-12(16)17/h3-5,7H,2,6H2,1H3,(H,16,17). The number of rotatable bonds is 5. The Morgan fingerprint density at radius 1 is 1.53 bits per heavy atom. The van der Waals surface area contributed by atoms with Crippen molar-refractivity contribution in [2.75, 3.05) is 6.61 Å². The van der Waals surface area contributed by atoms with Crippen LogP contribution >= 0.6 is 22.9 Å². The quantitative estimate of drug-likeness (QED) is 0.918. The number of nitrogens with zero attached hydrogens (tertiary/aromatic N) is 1. The highest BCUT2D eigenvalue weighted by molar-refractivity contribution is 7.13. The Kier molecular flexibility index (Phi) is 4.39. The monoisotopic (exact) mass is 297 g/mol. The van der Waals surface area contributed by atoms with Crippen LogP contribution in [0.1, 0.15) is 12.6 Å². The lowest BCUT2D eigenvalue weighted by Gasteiger charge is -2.08. The number of benzene rings is 1. The summed E-state index contributed by atoms with van der Waals surface area (Å²) in [7, 11) is 0. The molecule has 1 N–H and O–H groups in total. The zero-order valence-corrected chi connectivity index (χ0v) is 11.8. The lowest BCUT2D eigenvalue weighted by atomic mass is 10.2. The molecule has 0 aliphatic heterocycles. The molecule has 0 amide bonds. The summed E-state index contributed by atoms with van der Waals surface area (Å²) < 4.78 is 5.53. The van der Waals surface area contributed by atoms with Gasteiger partial charge in [0.15, 0.2) is 0 Å². The number of hydrogen-bond donors (Lipinski definition) is 1. The molecule has 6 heteroatoms. The molecule has 19 heavy (non-hydrogen) atoms. The maximum atomic E-state index is 10.7. The van der Waals surface area contributed by atoms with E-state index in [0.29, 0.717) is 28.1 Å². The van der Waals surface area contributed by atoms with Crippen molar-refractivity contribution in [3.05, 3.63) is 34.3 Å². The average molecular weight is 298 g/mol. The van der Waals surface area contributed by atoms with Crippen molar-refractivity contribution in [1.82, 2.24) is 4.98 Å². The number of carbonyl (C=O) groups is 1. The Hall–Kier alpha value is -1.59. The van der Waals surface area contributed by atoms with Gasteiger partial charge in [0.1, 0.15) is 10.8 Å². The number of ether oxygens (including phenoxy) is 1. The third kappa shape index (κ3) is 3.45. The molecule has 0 bridgehead atoms. The summed E-state index contributed by atoms with van der Waals surface area (Å²) in [5, 5.41) is 11.8.